The normalized spacial score (nSPS) is 34.9. The zero-order chi connectivity index (χ0) is 33.4. The van der Waals surface area contributed by atoms with Crippen molar-refractivity contribution in [3.63, 3.8) is 0 Å². The van der Waals surface area contributed by atoms with Gasteiger partial charge in [-0.25, -0.2) is 17.9 Å². The number of fused-ring (bicyclic) bond motifs is 5. The van der Waals surface area contributed by atoms with Gasteiger partial charge in [-0.05, 0) is 128 Å². The Bertz CT molecular complexity index is 1380. The second kappa shape index (κ2) is 14.2. The molecule has 0 spiro atoms. The summed E-state index contributed by atoms with van der Waals surface area (Å²) in [6, 6.07) is 6.43. The zero-order valence-corrected chi connectivity index (χ0v) is 30.7. The van der Waals surface area contributed by atoms with Crippen LogP contribution in [0.15, 0.2) is 40.8 Å². The van der Waals surface area contributed by atoms with Crippen LogP contribution in [-0.2, 0) is 14.8 Å². The van der Waals surface area contributed by atoms with Crippen LogP contribution in [0.25, 0.3) is 0 Å². The number of nitrogens with one attached hydrogen (secondary N) is 2. The van der Waals surface area contributed by atoms with Gasteiger partial charge in [0.1, 0.15) is 6.10 Å². The second-order valence-electron chi connectivity index (χ2n) is 17.2. The van der Waals surface area contributed by atoms with Gasteiger partial charge in [0.05, 0.1) is 4.90 Å². The summed E-state index contributed by atoms with van der Waals surface area (Å²) in [5.74, 6) is 4.90. The van der Waals surface area contributed by atoms with Crippen molar-refractivity contribution >= 4 is 21.8 Å². The molecule has 0 saturated heterocycles. The molecule has 262 valence electrons. The average molecular weight is 667 g/mol. The maximum absolute atomic E-state index is 13.0. The van der Waals surface area contributed by atoms with Crippen LogP contribution >= 0.6 is 0 Å². The van der Waals surface area contributed by atoms with Crippen LogP contribution in [-0.4, -0.2) is 26.7 Å². The first-order valence-electron chi connectivity index (χ1n) is 19.2. The van der Waals surface area contributed by atoms with Crippen LogP contribution in [0.4, 0.5) is 10.5 Å². The van der Waals surface area contributed by atoms with Gasteiger partial charge in [0.15, 0.2) is 0 Å². The number of carbonyl (C=O) groups is 1. The Balaban J connectivity index is 1.03. The smallest absolute Gasteiger partial charge is 0.411 e. The van der Waals surface area contributed by atoms with Gasteiger partial charge in [-0.3, -0.25) is 5.32 Å². The molecule has 5 aliphatic rings. The Morgan fingerprint density at radius 1 is 0.915 bits per heavy atom. The van der Waals surface area contributed by atoms with Crippen LogP contribution in [0.5, 0.6) is 0 Å². The first-order chi connectivity index (χ1) is 22.4. The number of hydrogen-bond donors (Lipinski definition) is 2. The van der Waals surface area contributed by atoms with E-state index in [4.69, 9.17) is 4.74 Å². The second-order valence-corrected chi connectivity index (χ2v) is 18.9. The highest BCUT2D eigenvalue weighted by atomic mass is 32.2. The molecule has 2 N–H and O–H groups in total. The van der Waals surface area contributed by atoms with E-state index < -0.39 is 16.1 Å². The number of carbonyl (C=O) groups excluding carboxylic acids is 1. The molecule has 6 nitrogen and oxygen atoms in total. The Morgan fingerprint density at radius 2 is 1.66 bits per heavy atom. The van der Waals surface area contributed by atoms with Crippen molar-refractivity contribution in [2.45, 2.75) is 154 Å². The van der Waals surface area contributed by atoms with E-state index in [1.807, 2.05) is 0 Å². The number of hydrogen-bond acceptors (Lipinski definition) is 4. The van der Waals surface area contributed by atoms with E-state index >= 15 is 0 Å². The lowest BCUT2D eigenvalue weighted by Gasteiger charge is -2.58. The third-order valence-corrected chi connectivity index (χ3v) is 15.4. The largest absolute Gasteiger partial charge is 0.446 e. The van der Waals surface area contributed by atoms with E-state index in [-0.39, 0.29) is 22.5 Å². The van der Waals surface area contributed by atoms with Gasteiger partial charge < -0.3 is 4.74 Å². The highest BCUT2D eigenvalue weighted by Gasteiger charge is 2.59. The number of anilines is 1. The van der Waals surface area contributed by atoms with E-state index in [2.05, 4.69) is 50.7 Å². The average Bonchev–Trinajstić information content (AvgIpc) is 3.39. The van der Waals surface area contributed by atoms with E-state index in [0.717, 1.165) is 80.5 Å². The molecule has 1 amide bonds. The van der Waals surface area contributed by atoms with Crippen LogP contribution in [0, 0.1) is 46.3 Å². The standard InChI is InChI=1S/C40H62N2O4S/c1-27(2)10-9-11-28(3)35-20-21-36-34-19-14-29-26-32(22-24-39(29,4)37(34)23-25-40(35,36)5)46-38(43)41-30-15-17-33(18-16-30)47(44,45)42-31-12-7-6-8-13-31/h14-18,27-28,31-32,34-37,42H,6-13,19-26H2,1-5H3,(H,41,43)/t28-,32-,34+,35-,36+,37+,39+,40-/m1/s1. The highest BCUT2D eigenvalue weighted by Crippen LogP contribution is 2.67. The lowest BCUT2D eigenvalue weighted by atomic mass is 9.47. The lowest BCUT2D eigenvalue weighted by molar-refractivity contribution is -0.0577. The molecule has 4 saturated carbocycles. The SMILES string of the molecule is CC(C)CCC[C@@H](C)[C@H]1CC[C@H]2[C@@H]3CC=C4C[C@H](OC(=O)Nc5ccc(S(=O)(=O)NC6CCCCC6)cc5)CC[C@]4(C)[C@H]3CC[C@]12C. The maximum Gasteiger partial charge on any atom is 0.411 e. The molecular weight excluding hydrogens is 605 g/mol. The number of allylic oxidation sites excluding steroid dienone is 1. The van der Waals surface area contributed by atoms with Gasteiger partial charge in [-0.15, -0.1) is 0 Å². The number of rotatable bonds is 10. The third-order valence-electron chi connectivity index (χ3n) is 13.9. The van der Waals surface area contributed by atoms with Gasteiger partial charge in [-0.1, -0.05) is 84.8 Å². The molecule has 1 aromatic carbocycles. The van der Waals surface area contributed by atoms with Crippen molar-refractivity contribution in [2.24, 2.45) is 46.3 Å². The fourth-order valence-corrected chi connectivity index (χ4v) is 12.6. The van der Waals surface area contributed by atoms with Crippen LogP contribution in [0.2, 0.25) is 0 Å². The van der Waals surface area contributed by atoms with Crippen molar-refractivity contribution in [2.75, 3.05) is 5.32 Å². The van der Waals surface area contributed by atoms with Crippen molar-refractivity contribution in [3.8, 4) is 0 Å². The number of benzene rings is 1. The molecule has 7 heteroatoms. The molecule has 6 rings (SSSR count). The number of amides is 1. The summed E-state index contributed by atoms with van der Waals surface area (Å²) in [7, 11) is -3.58. The lowest BCUT2D eigenvalue weighted by Crippen LogP contribution is -2.51. The Kier molecular flexibility index (Phi) is 10.5. The summed E-state index contributed by atoms with van der Waals surface area (Å²) in [6.45, 7) is 12.4. The molecule has 1 aromatic rings. The van der Waals surface area contributed by atoms with Crippen molar-refractivity contribution in [3.05, 3.63) is 35.9 Å². The van der Waals surface area contributed by atoms with Gasteiger partial charge >= 0.3 is 6.09 Å². The molecule has 5 aliphatic carbocycles. The summed E-state index contributed by atoms with van der Waals surface area (Å²) in [5.41, 5.74) is 2.77. The minimum Gasteiger partial charge on any atom is -0.446 e. The van der Waals surface area contributed by atoms with Crippen LogP contribution < -0.4 is 10.0 Å². The van der Waals surface area contributed by atoms with E-state index in [1.54, 1.807) is 24.3 Å². The molecule has 4 fully saturated rings. The molecule has 0 aliphatic heterocycles. The summed E-state index contributed by atoms with van der Waals surface area (Å²) in [6.07, 6.45) is 20.7. The molecule has 0 radical (unpaired) electrons. The van der Waals surface area contributed by atoms with Gasteiger partial charge in [0.2, 0.25) is 10.0 Å². The van der Waals surface area contributed by atoms with Crippen LogP contribution in [0.1, 0.15) is 137 Å². The predicted molar refractivity (Wildman–Crippen MR) is 191 cm³/mol. The molecule has 8 atom stereocenters. The fraction of sp³-hybridized carbons (Fsp3) is 0.775. The zero-order valence-electron chi connectivity index (χ0n) is 29.9. The number of sulfonamides is 1. The predicted octanol–water partition coefficient (Wildman–Crippen LogP) is 10.3. The van der Waals surface area contributed by atoms with Crippen molar-refractivity contribution < 1.29 is 17.9 Å². The molecule has 0 heterocycles. The van der Waals surface area contributed by atoms with Crippen molar-refractivity contribution in [1.82, 2.24) is 4.72 Å². The Hall–Kier alpha value is -1.86. The number of ether oxygens (including phenoxy) is 1. The molecule has 0 aromatic heterocycles. The first kappa shape index (κ1) is 35.0. The Labute approximate surface area is 285 Å². The van der Waals surface area contributed by atoms with E-state index in [9.17, 15) is 13.2 Å². The Morgan fingerprint density at radius 3 is 2.38 bits per heavy atom. The highest BCUT2D eigenvalue weighted by molar-refractivity contribution is 7.89. The van der Waals surface area contributed by atoms with Gasteiger partial charge in [0.25, 0.3) is 0 Å². The van der Waals surface area contributed by atoms with Crippen LogP contribution in [0.3, 0.4) is 0 Å². The summed E-state index contributed by atoms with van der Waals surface area (Å²) in [4.78, 5) is 13.2. The fourth-order valence-electron chi connectivity index (χ4n) is 11.3. The first-order valence-corrected chi connectivity index (χ1v) is 20.7. The van der Waals surface area contributed by atoms with Crippen molar-refractivity contribution in [1.29, 1.82) is 0 Å². The molecular formula is C40H62N2O4S. The van der Waals surface area contributed by atoms with Gasteiger partial charge in [0, 0.05) is 18.2 Å². The molecule has 0 bridgehead atoms. The molecule has 47 heavy (non-hydrogen) atoms. The minimum atomic E-state index is -3.58. The third kappa shape index (κ3) is 7.37. The summed E-state index contributed by atoms with van der Waals surface area (Å²) in [5, 5.41) is 2.84. The van der Waals surface area contributed by atoms with E-state index in [1.165, 1.54) is 63.4 Å². The summed E-state index contributed by atoms with van der Waals surface area (Å²) >= 11 is 0. The van der Waals surface area contributed by atoms with E-state index in [0.29, 0.717) is 11.1 Å². The minimum absolute atomic E-state index is 0.00973. The van der Waals surface area contributed by atoms with Gasteiger partial charge in [-0.2, -0.15) is 0 Å². The maximum atomic E-state index is 13.0. The quantitative estimate of drug-likeness (QED) is 0.243. The monoisotopic (exact) mass is 666 g/mol. The molecule has 0 unspecified atom stereocenters. The topological polar surface area (TPSA) is 84.5 Å². The summed E-state index contributed by atoms with van der Waals surface area (Å²) < 4.78 is 34.6.